The van der Waals surface area contributed by atoms with E-state index < -0.39 is 5.91 Å². The van der Waals surface area contributed by atoms with Crippen LogP contribution in [0.2, 0.25) is 0 Å². The van der Waals surface area contributed by atoms with Crippen molar-refractivity contribution in [2.45, 2.75) is 6.92 Å². The van der Waals surface area contributed by atoms with Crippen LogP contribution >= 0.6 is 0 Å². The lowest BCUT2D eigenvalue weighted by atomic mass is 10.3. The van der Waals surface area contributed by atoms with Crippen LogP contribution in [0, 0.1) is 12.7 Å². The predicted octanol–water partition coefficient (Wildman–Crippen LogP) is 2.91. The molecule has 2 N–H and O–H groups in total. The van der Waals surface area contributed by atoms with Gasteiger partial charge >= 0.3 is 0 Å². The van der Waals surface area contributed by atoms with E-state index >= 15 is 0 Å². The molecule has 0 atom stereocenters. The zero-order chi connectivity index (χ0) is 16.2. The van der Waals surface area contributed by atoms with Crippen molar-refractivity contribution in [3.8, 4) is 0 Å². The monoisotopic (exact) mass is 313 g/mol. The molecule has 2 heterocycles. The molecule has 0 aliphatic carbocycles. The number of halogens is 1. The second-order valence-corrected chi connectivity index (χ2v) is 4.71. The maximum atomic E-state index is 12.8. The first-order chi connectivity index (χ1) is 11.1. The fourth-order valence-electron chi connectivity index (χ4n) is 1.81. The molecular weight excluding hydrogens is 301 g/mol. The zero-order valence-electron chi connectivity index (χ0n) is 12.1. The van der Waals surface area contributed by atoms with E-state index in [1.165, 1.54) is 18.2 Å². The van der Waals surface area contributed by atoms with E-state index in [2.05, 4.69) is 26.0 Å². The summed E-state index contributed by atoms with van der Waals surface area (Å²) in [5, 5.41) is 16.9. The lowest BCUT2D eigenvalue weighted by molar-refractivity contribution is 0.102. The number of carbonyl (C=O) groups is 1. The van der Waals surface area contributed by atoms with E-state index in [9.17, 15) is 9.18 Å². The van der Waals surface area contributed by atoms with E-state index in [0.717, 1.165) is 0 Å². The number of aryl methyl sites for hydroxylation is 1. The number of carbonyl (C=O) groups excluding carboxylic acids is 1. The first-order valence-corrected chi connectivity index (χ1v) is 6.71. The number of nitrogens with zero attached hydrogens (tertiary/aromatic N) is 3. The molecule has 8 heteroatoms. The molecule has 7 nitrogen and oxygen atoms in total. The van der Waals surface area contributed by atoms with E-state index in [-0.39, 0.29) is 11.5 Å². The molecule has 0 saturated carbocycles. The zero-order valence-corrected chi connectivity index (χ0v) is 12.1. The summed E-state index contributed by atoms with van der Waals surface area (Å²) in [6, 6.07) is 10.5. The van der Waals surface area contributed by atoms with Crippen LogP contribution < -0.4 is 10.6 Å². The van der Waals surface area contributed by atoms with Gasteiger partial charge in [-0.3, -0.25) is 4.79 Å². The van der Waals surface area contributed by atoms with Crippen LogP contribution in [0.3, 0.4) is 0 Å². The van der Waals surface area contributed by atoms with Gasteiger partial charge in [0.05, 0.1) is 0 Å². The highest BCUT2D eigenvalue weighted by Gasteiger charge is 2.11. The molecule has 1 amide bonds. The summed E-state index contributed by atoms with van der Waals surface area (Å²) < 4.78 is 17.7. The Morgan fingerprint density at radius 1 is 1.09 bits per heavy atom. The van der Waals surface area contributed by atoms with Crippen LogP contribution in [0.1, 0.15) is 16.2 Å². The van der Waals surface area contributed by atoms with Crippen molar-refractivity contribution in [2.24, 2.45) is 0 Å². The third-order valence-corrected chi connectivity index (χ3v) is 2.88. The van der Waals surface area contributed by atoms with E-state index in [4.69, 9.17) is 4.52 Å². The number of hydrogen-bond acceptors (Lipinski definition) is 6. The molecule has 2 aromatic heterocycles. The van der Waals surface area contributed by atoms with Gasteiger partial charge < -0.3 is 15.2 Å². The quantitative estimate of drug-likeness (QED) is 0.769. The van der Waals surface area contributed by atoms with Crippen LogP contribution in [0.15, 0.2) is 47.0 Å². The largest absolute Gasteiger partial charge is 0.360 e. The molecule has 0 bridgehead atoms. The SMILES string of the molecule is Cc1cc(NC(=O)c2ccc(Nc3ccc(F)cc3)nn2)no1. The second-order valence-electron chi connectivity index (χ2n) is 4.71. The highest BCUT2D eigenvalue weighted by atomic mass is 19.1. The molecule has 116 valence electrons. The lowest BCUT2D eigenvalue weighted by Crippen LogP contribution is -2.14. The molecule has 0 saturated heterocycles. The summed E-state index contributed by atoms with van der Waals surface area (Å²) in [5.41, 5.74) is 0.797. The number of anilines is 3. The number of hydrogen-bond donors (Lipinski definition) is 2. The average molecular weight is 313 g/mol. The van der Waals surface area contributed by atoms with Gasteiger partial charge in [-0.05, 0) is 43.3 Å². The Morgan fingerprint density at radius 3 is 2.48 bits per heavy atom. The van der Waals surface area contributed by atoms with Gasteiger partial charge in [0.15, 0.2) is 17.3 Å². The van der Waals surface area contributed by atoms with Gasteiger partial charge in [-0.15, -0.1) is 10.2 Å². The Hall–Kier alpha value is -3.29. The second kappa shape index (κ2) is 6.22. The van der Waals surface area contributed by atoms with Crippen LogP contribution in [-0.2, 0) is 0 Å². The molecule has 0 spiro atoms. The topological polar surface area (TPSA) is 92.9 Å². The first kappa shape index (κ1) is 14.6. The van der Waals surface area contributed by atoms with Gasteiger partial charge in [-0.2, -0.15) is 0 Å². The summed E-state index contributed by atoms with van der Waals surface area (Å²) in [7, 11) is 0. The van der Waals surface area contributed by atoms with Gasteiger partial charge in [0.1, 0.15) is 11.6 Å². The third-order valence-electron chi connectivity index (χ3n) is 2.88. The summed E-state index contributed by atoms with van der Waals surface area (Å²) >= 11 is 0. The fourth-order valence-corrected chi connectivity index (χ4v) is 1.81. The minimum atomic E-state index is -0.445. The highest BCUT2D eigenvalue weighted by molar-refractivity contribution is 6.02. The fraction of sp³-hybridized carbons (Fsp3) is 0.0667. The number of aromatic nitrogens is 3. The van der Waals surface area contributed by atoms with Crippen molar-refractivity contribution in [2.75, 3.05) is 10.6 Å². The lowest BCUT2D eigenvalue weighted by Gasteiger charge is -2.05. The summed E-state index contributed by atoms with van der Waals surface area (Å²) in [6.45, 7) is 1.72. The van der Waals surface area contributed by atoms with Crippen molar-refractivity contribution in [1.82, 2.24) is 15.4 Å². The number of rotatable bonds is 4. The molecule has 0 aliphatic heterocycles. The van der Waals surface area contributed by atoms with Crippen LogP contribution in [0.25, 0.3) is 0 Å². The molecular formula is C15H12FN5O2. The maximum absolute atomic E-state index is 12.8. The minimum absolute atomic E-state index is 0.135. The Labute approximate surface area is 130 Å². The van der Waals surface area contributed by atoms with Gasteiger partial charge in [0.25, 0.3) is 5.91 Å². The van der Waals surface area contributed by atoms with Crippen molar-refractivity contribution >= 4 is 23.2 Å². The Morgan fingerprint density at radius 2 is 1.87 bits per heavy atom. The predicted molar refractivity (Wildman–Crippen MR) is 80.9 cm³/mol. The maximum Gasteiger partial charge on any atom is 0.277 e. The first-order valence-electron chi connectivity index (χ1n) is 6.71. The normalized spacial score (nSPS) is 10.3. The minimum Gasteiger partial charge on any atom is -0.360 e. The van der Waals surface area contributed by atoms with Crippen LogP contribution in [0.5, 0.6) is 0 Å². The highest BCUT2D eigenvalue weighted by Crippen LogP contribution is 2.14. The van der Waals surface area contributed by atoms with Crippen molar-refractivity contribution in [1.29, 1.82) is 0 Å². The molecule has 0 fully saturated rings. The molecule has 3 rings (SSSR count). The molecule has 0 radical (unpaired) electrons. The number of benzene rings is 1. The molecule has 3 aromatic rings. The van der Waals surface area contributed by atoms with Gasteiger partial charge in [-0.25, -0.2) is 4.39 Å². The molecule has 0 aliphatic rings. The third kappa shape index (κ3) is 3.67. The van der Waals surface area contributed by atoms with E-state index in [0.29, 0.717) is 23.1 Å². The molecule has 23 heavy (non-hydrogen) atoms. The standard InChI is InChI=1S/C15H12FN5O2/c1-9-8-14(21-23-9)18-15(22)12-6-7-13(20-19-12)17-11-4-2-10(16)3-5-11/h2-8H,1H3,(H,17,20)(H,18,21,22). The van der Waals surface area contributed by atoms with Gasteiger partial charge in [-0.1, -0.05) is 5.16 Å². The average Bonchev–Trinajstić information content (AvgIpc) is 2.95. The van der Waals surface area contributed by atoms with Crippen LogP contribution in [0.4, 0.5) is 21.7 Å². The molecule has 0 unspecified atom stereocenters. The van der Waals surface area contributed by atoms with Gasteiger partial charge in [0, 0.05) is 11.8 Å². The molecule has 1 aromatic carbocycles. The Kier molecular flexibility index (Phi) is 3.96. The number of amides is 1. The van der Waals surface area contributed by atoms with Crippen molar-refractivity contribution in [3.63, 3.8) is 0 Å². The van der Waals surface area contributed by atoms with Gasteiger partial charge in [0.2, 0.25) is 0 Å². The summed E-state index contributed by atoms with van der Waals surface area (Å²) in [5.74, 6) is 0.564. The number of nitrogens with one attached hydrogen (secondary N) is 2. The Bertz CT molecular complexity index is 815. The van der Waals surface area contributed by atoms with E-state index in [1.807, 2.05) is 0 Å². The van der Waals surface area contributed by atoms with Crippen molar-refractivity contribution in [3.05, 3.63) is 59.7 Å². The summed E-state index contributed by atoms with van der Waals surface area (Å²) in [6.07, 6.45) is 0. The van der Waals surface area contributed by atoms with Crippen LogP contribution in [-0.4, -0.2) is 21.3 Å². The van der Waals surface area contributed by atoms with E-state index in [1.54, 1.807) is 31.2 Å². The Balaban J connectivity index is 1.66. The van der Waals surface area contributed by atoms with Crippen molar-refractivity contribution < 1.29 is 13.7 Å². The smallest absolute Gasteiger partial charge is 0.277 e. The summed E-state index contributed by atoms with van der Waals surface area (Å²) in [4.78, 5) is 12.0.